The van der Waals surface area contributed by atoms with Crippen LogP contribution in [0.3, 0.4) is 0 Å². The summed E-state index contributed by atoms with van der Waals surface area (Å²) >= 11 is 0. The van der Waals surface area contributed by atoms with Crippen molar-refractivity contribution in [3.63, 3.8) is 0 Å². The Morgan fingerprint density at radius 3 is 2.47 bits per heavy atom. The highest BCUT2D eigenvalue weighted by Gasteiger charge is 2.27. The molecule has 0 aromatic heterocycles. The molecule has 15 heavy (non-hydrogen) atoms. The van der Waals surface area contributed by atoms with E-state index in [1.165, 1.54) is 12.8 Å². The van der Waals surface area contributed by atoms with E-state index in [9.17, 15) is 13.2 Å². The zero-order valence-electron chi connectivity index (χ0n) is 9.27. The SMILES string of the molecule is CC(CNCC(F)(F)F)N(C)CC1CC1. The summed E-state index contributed by atoms with van der Waals surface area (Å²) in [6.07, 6.45) is -1.56. The molecule has 0 amide bonds. The summed E-state index contributed by atoms with van der Waals surface area (Å²) in [5.74, 6) is 0.778. The molecule has 0 saturated heterocycles. The van der Waals surface area contributed by atoms with Gasteiger partial charge in [-0.15, -0.1) is 0 Å². The van der Waals surface area contributed by atoms with Crippen LogP contribution in [-0.2, 0) is 0 Å². The normalized spacial score (nSPS) is 19.6. The molecule has 0 aromatic carbocycles. The maximum Gasteiger partial charge on any atom is 0.401 e. The molecule has 2 nitrogen and oxygen atoms in total. The van der Waals surface area contributed by atoms with Gasteiger partial charge in [-0.05, 0) is 32.7 Å². The average Bonchev–Trinajstić information content (AvgIpc) is 2.85. The largest absolute Gasteiger partial charge is 0.401 e. The number of nitrogens with zero attached hydrogens (tertiary/aromatic N) is 1. The van der Waals surface area contributed by atoms with Crippen molar-refractivity contribution in [1.82, 2.24) is 10.2 Å². The predicted molar refractivity (Wildman–Crippen MR) is 53.7 cm³/mol. The third-order valence-corrected chi connectivity index (χ3v) is 2.76. The fraction of sp³-hybridized carbons (Fsp3) is 1.00. The third kappa shape index (κ3) is 5.99. The fourth-order valence-corrected chi connectivity index (χ4v) is 1.47. The van der Waals surface area contributed by atoms with E-state index in [1.54, 1.807) is 0 Å². The lowest BCUT2D eigenvalue weighted by Crippen LogP contribution is -2.41. The molecule has 1 aliphatic rings. The van der Waals surface area contributed by atoms with Crippen molar-refractivity contribution >= 4 is 0 Å². The second kappa shape index (κ2) is 5.16. The van der Waals surface area contributed by atoms with Gasteiger partial charge in [0.15, 0.2) is 0 Å². The zero-order valence-corrected chi connectivity index (χ0v) is 9.27. The van der Waals surface area contributed by atoms with Gasteiger partial charge in [-0.25, -0.2) is 0 Å². The highest BCUT2D eigenvalue weighted by Crippen LogP contribution is 2.29. The van der Waals surface area contributed by atoms with Crippen LogP contribution in [0.5, 0.6) is 0 Å². The van der Waals surface area contributed by atoms with Crippen LogP contribution in [0, 0.1) is 5.92 Å². The number of nitrogens with one attached hydrogen (secondary N) is 1. The number of halogens is 3. The molecule has 0 spiro atoms. The lowest BCUT2D eigenvalue weighted by atomic mass is 10.2. The molecule has 1 N–H and O–H groups in total. The Kier molecular flexibility index (Phi) is 4.40. The first kappa shape index (κ1) is 12.8. The monoisotopic (exact) mass is 224 g/mol. The topological polar surface area (TPSA) is 15.3 Å². The highest BCUT2D eigenvalue weighted by molar-refractivity contribution is 4.78. The summed E-state index contributed by atoms with van der Waals surface area (Å²) in [4.78, 5) is 2.13. The van der Waals surface area contributed by atoms with Gasteiger partial charge in [0, 0.05) is 19.1 Å². The molecule has 1 aliphatic carbocycles. The Morgan fingerprint density at radius 2 is 2.00 bits per heavy atom. The summed E-state index contributed by atoms with van der Waals surface area (Å²) in [5.41, 5.74) is 0. The van der Waals surface area contributed by atoms with E-state index in [0.717, 1.165) is 12.5 Å². The van der Waals surface area contributed by atoms with Gasteiger partial charge in [0.2, 0.25) is 0 Å². The van der Waals surface area contributed by atoms with Crippen molar-refractivity contribution in [3.05, 3.63) is 0 Å². The molecule has 5 heteroatoms. The van der Waals surface area contributed by atoms with Crippen LogP contribution in [0.25, 0.3) is 0 Å². The summed E-state index contributed by atoms with van der Waals surface area (Å²) in [6, 6.07) is 0.160. The van der Waals surface area contributed by atoms with Gasteiger partial charge in [-0.2, -0.15) is 13.2 Å². The summed E-state index contributed by atoms with van der Waals surface area (Å²) in [7, 11) is 1.97. The predicted octanol–water partition coefficient (Wildman–Crippen LogP) is 1.87. The Hall–Kier alpha value is -0.290. The minimum Gasteiger partial charge on any atom is -0.307 e. The van der Waals surface area contributed by atoms with Crippen molar-refractivity contribution in [1.29, 1.82) is 0 Å². The lowest BCUT2D eigenvalue weighted by molar-refractivity contribution is -0.125. The molecule has 1 fully saturated rings. The molecule has 0 radical (unpaired) electrons. The van der Waals surface area contributed by atoms with E-state index < -0.39 is 12.7 Å². The van der Waals surface area contributed by atoms with Crippen molar-refractivity contribution in [2.75, 3.05) is 26.7 Å². The van der Waals surface area contributed by atoms with E-state index in [1.807, 2.05) is 14.0 Å². The zero-order chi connectivity index (χ0) is 11.5. The Balaban J connectivity index is 2.08. The van der Waals surface area contributed by atoms with Gasteiger partial charge >= 0.3 is 6.18 Å². The minimum atomic E-state index is -4.10. The second-order valence-corrected chi connectivity index (χ2v) is 4.48. The number of alkyl halides is 3. The number of likely N-dealkylation sites (N-methyl/N-ethyl adjacent to an activating group) is 1. The van der Waals surface area contributed by atoms with Crippen molar-refractivity contribution in [2.45, 2.75) is 32.0 Å². The van der Waals surface area contributed by atoms with E-state index in [4.69, 9.17) is 0 Å². The first-order valence-corrected chi connectivity index (χ1v) is 5.36. The lowest BCUT2D eigenvalue weighted by Gasteiger charge is -2.25. The van der Waals surface area contributed by atoms with E-state index in [2.05, 4.69) is 10.2 Å². The maximum atomic E-state index is 11.9. The van der Waals surface area contributed by atoms with Gasteiger partial charge < -0.3 is 10.2 Å². The third-order valence-electron chi connectivity index (χ3n) is 2.76. The van der Waals surface area contributed by atoms with Crippen LogP contribution in [0.4, 0.5) is 13.2 Å². The molecule has 1 saturated carbocycles. The van der Waals surface area contributed by atoms with Crippen LogP contribution < -0.4 is 5.32 Å². The Morgan fingerprint density at radius 1 is 1.40 bits per heavy atom. The fourth-order valence-electron chi connectivity index (χ4n) is 1.47. The first-order chi connectivity index (χ1) is 6.88. The summed E-state index contributed by atoms with van der Waals surface area (Å²) < 4.78 is 35.6. The highest BCUT2D eigenvalue weighted by atomic mass is 19.4. The molecule has 0 heterocycles. The van der Waals surface area contributed by atoms with Gasteiger partial charge in [-0.3, -0.25) is 0 Å². The van der Waals surface area contributed by atoms with Crippen molar-refractivity contribution in [3.8, 4) is 0 Å². The summed E-state index contributed by atoms with van der Waals surface area (Å²) in [6.45, 7) is 2.46. The van der Waals surface area contributed by atoms with Gasteiger partial charge in [0.25, 0.3) is 0 Å². The minimum absolute atomic E-state index is 0.160. The van der Waals surface area contributed by atoms with E-state index >= 15 is 0 Å². The standard InChI is InChI=1S/C10H19F3N2/c1-8(5-14-7-10(11,12)13)15(2)6-9-3-4-9/h8-9,14H,3-7H2,1-2H3. The Labute approximate surface area is 88.8 Å². The molecule has 1 atom stereocenters. The quantitative estimate of drug-likeness (QED) is 0.741. The van der Waals surface area contributed by atoms with Crippen LogP contribution in [0.15, 0.2) is 0 Å². The molecular formula is C10H19F3N2. The van der Waals surface area contributed by atoms with Gasteiger partial charge in [0.1, 0.15) is 0 Å². The number of rotatable bonds is 6. The molecule has 0 aliphatic heterocycles. The van der Waals surface area contributed by atoms with Crippen molar-refractivity contribution in [2.24, 2.45) is 5.92 Å². The summed E-state index contributed by atoms with van der Waals surface area (Å²) in [5, 5.41) is 2.43. The van der Waals surface area contributed by atoms with Gasteiger partial charge in [0.05, 0.1) is 6.54 Å². The van der Waals surface area contributed by atoms with Crippen LogP contribution in [-0.4, -0.2) is 43.8 Å². The number of hydrogen-bond donors (Lipinski definition) is 1. The maximum absolute atomic E-state index is 11.9. The van der Waals surface area contributed by atoms with Crippen LogP contribution in [0.2, 0.25) is 0 Å². The van der Waals surface area contributed by atoms with E-state index in [0.29, 0.717) is 6.54 Å². The first-order valence-electron chi connectivity index (χ1n) is 5.36. The molecule has 0 aromatic rings. The number of hydrogen-bond acceptors (Lipinski definition) is 2. The second-order valence-electron chi connectivity index (χ2n) is 4.48. The van der Waals surface area contributed by atoms with Crippen LogP contribution >= 0.6 is 0 Å². The molecular weight excluding hydrogens is 205 g/mol. The molecule has 1 rings (SSSR count). The smallest absolute Gasteiger partial charge is 0.307 e. The molecule has 90 valence electrons. The van der Waals surface area contributed by atoms with Crippen LogP contribution in [0.1, 0.15) is 19.8 Å². The Bertz CT molecular complexity index is 190. The molecule has 1 unspecified atom stereocenters. The van der Waals surface area contributed by atoms with Gasteiger partial charge in [-0.1, -0.05) is 0 Å². The average molecular weight is 224 g/mol. The van der Waals surface area contributed by atoms with E-state index in [-0.39, 0.29) is 6.04 Å². The molecule has 0 bridgehead atoms. The van der Waals surface area contributed by atoms with Crippen molar-refractivity contribution < 1.29 is 13.2 Å².